The standard InChI is InChI=1S/C22H20F3NO3S/c1-10-14-6-12(23)5-11(9-26)20(14)15(7-17(10)24)13-3-4-19(30(2,28)29)21-16(13)8-18(25)22(21)27/h3-6,10,15,17-18,22,27H,7-8H2,1-2H3/t10-,15-,17-,18-,22-/m1/s1. The fourth-order valence-electron chi connectivity index (χ4n) is 4.87. The van der Waals surface area contributed by atoms with Gasteiger partial charge >= 0.3 is 0 Å². The fraction of sp³-hybridized carbons (Fsp3) is 0.409. The maximum absolute atomic E-state index is 14.9. The van der Waals surface area contributed by atoms with E-state index in [9.17, 15) is 32.0 Å². The van der Waals surface area contributed by atoms with Crippen LogP contribution in [0.4, 0.5) is 13.2 Å². The highest BCUT2D eigenvalue weighted by Crippen LogP contribution is 2.49. The van der Waals surface area contributed by atoms with E-state index in [0.29, 0.717) is 22.3 Å². The van der Waals surface area contributed by atoms with Gasteiger partial charge in [-0.3, -0.25) is 0 Å². The largest absolute Gasteiger partial charge is 0.385 e. The smallest absolute Gasteiger partial charge is 0.175 e. The number of aliphatic hydroxyl groups is 1. The number of hydrogen-bond donors (Lipinski definition) is 1. The van der Waals surface area contributed by atoms with Gasteiger partial charge in [-0.05, 0) is 46.9 Å². The van der Waals surface area contributed by atoms with Crippen LogP contribution in [0.3, 0.4) is 0 Å². The first-order valence-electron chi connectivity index (χ1n) is 9.60. The average Bonchev–Trinajstić information content (AvgIpc) is 2.97. The van der Waals surface area contributed by atoms with Crippen LogP contribution >= 0.6 is 0 Å². The van der Waals surface area contributed by atoms with Gasteiger partial charge in [-0.15, -0.1) is 0 Å². The Balaban J connectivity index is 2.00. The molecule has 0 aromatic heterocycles. The van der Waals surface area contributed by atoms with Crippen molar-refractivity contribution in [2.75, 3.05) is 6.26 Å². The van der Waals surface area contributed by atoms with Crippen LogP contribution in [0.1, 0.15) is 64.7 Å². The molecule has 0 saturated heterocycles. The Bertz CT molecular complexity index is 1190. The Morgan fingerprint density at radius 3 is 2.47 bits per heavy atom. The van der Waals surface area contributed by atoms with Crippen molar-refractivity contribution in [3.05, 3.63) is 63.5 Å². The second-order valence-electron chi connectivity index (χ2n) is 8.14. The fourth-order valence-corrected chi connectivity index (χ4v) is 5.83. The van der Waals surface area contributed by atoms with Crippen LogP contribution in [0.5, 0.6) is 0 Å². The van der Waals surface area contributed by atoms with E-state index in [1.807, 2.05) is 6.07 Å². The van der Waals surface area contributed by atoms with Crippen LogP contribution < -0.4 is 0 Å². The molecule has 2 aliphatic rings. The average molecular weight is 435 g/mol. The molecule has 0 saturated carbocycles. The van der Waals surface area contributed by atoms with Gasteiger partial charge in [0.25, 0.3) is 0 Å². The lowest BCUT2D eigenvalue weighted by Crippen LogP contribution is -2.26. The summed E-state index contributed by atoms with van der Waals surface area (Å²) in [5.74, 6) is -1.94. The first kappa shape index (κ1) is 20.9. The monoisotopic (exact) mass is 435 g/mol. The normalized spacial score (nSPS) is 28.0. The number of alkyl halides is 2. The maximum atomic E-state index is 14.9. The highest BCUT2D eigenvalue weighted by molar-refractivity contribution is 7.90. The quantitative estimate of drug-likeness (QED) is 0.773. The molecule has 0 radical (unpaired) electrons. The molecule has 30 heavy (non-hydrogen) atoms. The van der Waals surface area contributed by atoms with Crippen LogP contribution in [0.2, 0.25) is 0 Å². The van der Waals surface area contributed by atoms with Crippen LogP contribution in [-0.4, -0.2) is 32.1 Å². The van der Waals surface area contributed by atoms with Crippen LogP contribution in [0.25, 0.3) is 0 Å². The zero-order chi connectivity index (χ0) is 22.0. The van der Waals surface area contributed by atoms with Gasteiger partial charge in [0.05, 0.1) is 16.5 Å². The van der Waals surface area contributed by atoms with E-state index in [1.54, 1.807) is 6.92 Å². The molecule has 0 fully saturated rings. The molecule has 0 bridgehead atoms. The van der Waals surface area contributed by atoms with Gasteiger partial charge in [-0.2, -0.15) is 5.26 Å². The van der Waals surface area contributed by atoms with E-state index in [4.69, 9.17) is 0 Å². The number of halogens is 3. The predicted molar refractivity (Wildman–Crippen MR) is 104 cm³/mol. The number of fused-ring (bicyclic) bond motifs is 2. The van der Waals surface area contributed by atoms with Gasteiger partial charge in [-0.25, -0.2) is 21.6 Å². The molecule has 0 amide bonds. The molecule has 2 aliphatic carbocycles. The SMILES string of the molecule is C[C@@H]1c2cc(F)cc(C#N)c2[C@@H](c2ccc(S(C)(=O)=O)c3c2C[C@@H](F)[C@H]3O)C[C@H]1F. The van der Waals surface area contributed by atoms with E-state index < -0.39 is 45.9 Å². The molecule has 0 unspecified atom stereocenters. The molecule has 2 aromatic carbocycles. The summed E-state index contributed by atoms with van der Waals surface area (Å²) >= 11 is 0. The number of nitriles is 1. The third kappa shape index (κ3) is 3.12. The molecule has 0 aliphatic heterocycles. The summed E-state index contributed by atoms with van der Waals surface area (Å²) in [6.07, 6.45) is -3.85. The van der Waals surface area contributed by atoms with Gasteiger partial charge in [0.15, 0.2) is 9.84 Å². The van der Waals surface area contributed by atoms with Crippen molar-refractivity contribution >= 4 is 9.84 Å². The molecule has 8 heteroatoms. The minimum absolute atomic E-state index is 0.00120. The minimum Gasteiger partial charge on any atom is -0.385 e. The maximum Gasteiger partial charge on any atom is 0.175 e. The van der Waals surface area contributed by atoms with Crippen molar-refractivity contribution < 1.29 is 26.7 Å². The lowest BCUT2D eigenvalue weighted by molar-refractivity contribution is 0.0907. The second kappa shape index (κ2) is 7.10. The number of rotatable bonds is 2. The Hall–Kier alpha value is -2.37. The summed E-state index contributed by atoms with van der Waals surface area (Å²) in [7, 11) is -3.73. The summed E-state index contributed by atoms with van der Waals surface area (Å²) in [5, 5.41) is 19.9. The molecule has 2 aromatic rings. The zero-order valence-electron chi connectivity index (χ0n) is 16.4. The van der Waals surface area contributed by atoms with Gasteiger partial charge in [-0.1, -0.05) is 13.0 Å². The summed E-state index contributed by atoms with van der Waals surface area (Å²) in [6, 6.07) is 7.08. The van der Waals surface area contributed by atoms with E-state index in [-0.39, 0.29) is 28.9 Å². The lowest BCUT2D eigenvalue weighted by atomic mass is 9.71. The molecule has 1 N–H and O–H groups in total. The zero-order valence-corrected chi connectivity index (χ0v) is 17.2. The van der Waals surface area contributed by atoms with E-state index in [1.165, 1.54) is 18.2 Å². The van der Waals surface area contributed by atoms with Crippen molar-refractivity contribution in [2.24, 2.45) is 0 Å². The molecule has 0 spiro atoms. The topological polar surface area (TPSA) is 78.2 Å². The first-order chi connectivity index (χ1) is 14.0. The van der Waals surface area contributed by atoms with E-state index in [2.05, 4.69) is 0 Å². The summed E-state index contributed by atoms with van der Waals surface area (Å²) in [4.78, 5) is -0.158. The Kier molecular flexibility index (Phi) is 4.94. The van der Waals surface area contributed by atoms with Gasteiger partial charge < -0.3 is 5.11 Å². The molecular formula is C22H20F3NO3S. The number of nitrogens with zero attached hydrogens (tertiary/aromatic N) is 1. The third-order valence-corrected chi connectivity index (χ3v) is 7.46. The van der Waals surface area contributed by atoms with Gasteiger partial charge in [0.2, 0.25) is 0 Å². The second-order valence-corrected chi connectivity index (χ2v) is 10.1. The van der Waals surface area contributed by atoms with Crippen molar-refractivity contribution in [1.82, 2.24) is 0 Å². The van der Waals surface area contributed by atoms with Crippen LogP contribution in [0.15, 0.2) is 29.2 Å². The summed E-state index contributed by atoms with van der Waals surface area (Å²) < 4.78 is 67.8. The van der Waals surface area contributed by atoms with Crippen molar-refractivity contribution in [3.8, 4) is 6.07 Å². The minimum atomic E-state index is -3.73. The Morgan fingerprint density at radius 1 is 1.13 bits per heavy atom. The first-order valence-corrected chi connectivity index (χ1v) is 11.5. The number of sulfone groups is 1. The highest BCUT2D eigenvalue weighted by atomic mass is 32.2. The molecule has 4 rings (SSSR count). The van der Waals surface area contributed by atoms with Crippen LogP contribution in [0, 0.1) is 17.1 Å². The van der Waals surface area contributed by atoms with Gasteiger partial charge in [0, 0.05) is 30.1 Å². The van der Waals surface area contributed by atoms with Crippen molar-refractivity contribution in [1.29, 1.82) is 5.26 Å². The highest BCUT2D eigenvalue weighted by Gasteiger charge is 2.41. The predicted octanol–water partition coefficient (Wildman–Crippen LogP) is 4.01. The molecule has 5 atom stereocenters. The summed E-state index contributed by atoms with van der Waals surface area (Å²) in [6.45, 7) is 1.62. The van der Waals surface area contributed by atoms with Crippen molar-refractivity contribution in [3.63, 3.8) is 0 Å². The van der Waals surface area contributed by atoms with Gasteiger partial charge in [0.1, 0.15) is 24.3 Å². The third-order valence-electron chi connectivity index (χ3n) is 6.31. The Labute approximate surface area is 172 Å². The van der Waals surface area contributed by atoms with Crippen LogP contribution in [-0.2, 0) is 16.3 Å². The van der Waals surface area contributed by atoms with E-state index >= 15 is 0 Å². The van der Waals surface area contributed by atoms with Crippen molar-refractivity contribution in [2.45, 2.75) is 54.9 Å². The number of aliphatic hydroxyl groups excluding tert-OH is 1. The summed E-state index contributed by atoms with van der Waals surface area (Å²) in [5.41, 5.74) is 1.72. The number of benzene rings is 2. The molecule has 4 nitrogen and oxygen atoms in total. The van der Waals surface area contributed by atoms with E-state index in [0.717, 1.165) is 12.3 Å². The molecular weight excluding hydrogens is 415 g/mol. The number of hydrogen-bond acceptors (Lipinski definition) is 4. The lowest BCUT2D eigenvalue weighted by Gasteiger charge is -2.34. The molecule has 158 valence electrons. The molecule has 0 heterocycles. The Morgan fingerprint density at radius 2 is 1.83 bits per heavy atom.